The summed E-state index contributed by atoms with van der Waals surface area (Å²) in [6, 6.07) is -0.136. The molecule has 1 saturated heterocycles. The van der Waals surface area contributed by atoms with Crippen molar-refractivity contribution in [3.8, 4) is 0 Å². The molecule has 1 aliphatic rings. The van der Waals surface area contributed by atoms with Gasteiger partial charge in [0.1, 0.15) is 0 Å². The lowest BCUT2D eigenvalue weighted by molar-refractivity contribution is 0.0830. The number of nitrogens with zero attached hydrogens (tertiary/aromatic N) is 2. The van der Waals surface area contributed by atoms with Gasteiger partial charge in [0.2, 0.25) is 5.89 Å². The maximum absolute atomic E-state index is 5.99. The van der Waals surface area contributed by atoms with Gasteiger partial charge in [-0.05, 0) is 31.3 Å². The standard InChI is InChI=1S/C11H19N3O2S/c1-17-7-4-9(12)11-13-10(14-16-11)8-2-5-15-6-3-8/h8-9H,2-7,12H2,1H3/t9-/m1/s1. The summed E-state index contributed by atoms with van der Waals surface area (Å²) in [5.41, 5.74) is 5.99. The molecule has 96 valence electrons. The van der Waals surface area contributed by atoms with Gasteiger partial charge >= 0.3 is 0 Å². The highest BCUT2D eigenvalue weighted by molar-refractivity contribution is 7.98. The predicted octanol–water partition coefficient (Wildman–Crippen LogP) is 1.72. The first-order valence-corrected chi connectivity index (χ1v) is 7.36. The van der Waals surface area contributed by atoms with Crippen molar-refractivity contribution in [2.45, 2.75) is 31.2 Å². The monoisotopic (exact) mass is 257 g/mol. The number of nitrogens with two attached hydrogens (primary N) is 1. The fourth-order valence-corrected chi connectivity index (χ4v) is 2.38. The van der Waals surface area contributed by atoms with Gasteiger partial charge in [-0.3, -0.25) is 0 Å². The third kappa shape index (κ3) is 3.43. The molecule has 0 saturated carbocycles. The van der Waals surface area contributed by atoms with Crippen LogP contribution in [0.4, 0.5) is 0 Å². The summed E-state index contributed by atoms with van der Waals surface area (Å²) >= 11 is 1.77. The molecule has 0 amide bonds. The third-order valence-electron chi connectivity index (χ3n) is 2.99. The Bertz CT molecular complexity index is 339. The first kappa shape index (κ1) is 12.9. The molecule has 1 atom stereocenters. The molecule has 0 radical (unpaired) electrons. The van der Waals surface area contributed by atoms with Crippen LogP contribution < -0.4 is 5.73 Å². The van der Waals surface area contributed by atoms with Gasteiger partial charge in [0.15, 0.2) is 5.82 Å². The summed E-state index contributed by atoms with van der Waals surface area (Å²) in [6.45, 7) is 1.57. The van der Waals surface area contributed by atoms with E-state index in [1.54, 1.807) is 11.8 Å². The molecular formula is C11H19N3O2S. The van der Waals surface area contributed by atoms with Crippen LogP contribution >= 0.6 is 11.8 Å². The maximum atomic E-state index is 5.99. The predicted molar refractivity (Wildman–Crippen MR) is 67.0 cm³/mol. The molecule has 2 N–H and O–H groups in total. The zero-order valence-corrected chi connectivity index (χ0v) is 10.9. The zero-order chi connectivity index (χ0) is 12.1. The average molecular weight is 257 g/mol. The Kier molecular flexibility index (Phi) is 4.82. The van der Waals surface area contributed by atoms with Crippen molar-refractivity contribution in [2.75, 3.05) is 25.2 Å². The number of ether oxygens (including phenoxy) is 1. The minimum atomic E-state index is -0.136. The van der Waals surface area contributed by atoms with Gasteiger partial charge in [-0.1, -0.05) is 5.16 Å². The van der Waals surface area contributed by atoms with Gasteiger partial charge in [-0.25, -0.2) is 0 Å². The first-order valence-electron chi connectivity index (χ1n) is 5.97. The summed E-state index contributed by atoms with van der Waals surface area (Å²) in [5, 5.41) is 4.04. The topological polar surface area (TPSA) is 74.2 Å². The van der Waals surface area contributed by atoms with Gasteiger partial charge in [0.25, 0.3) is 0 Å². The molecule has 5 nitrogen and oxygen atoms in total. The summed E-state index contributed by atoms with van der Waals surface area (Å²) < 4.78 is 10.6. The van der Waals surface area contributed by atoms with E-state index in [1.165, 1.54) is 0 Å². The second-order valence-electron chi connectivity index (χ2n) is 4.27. The van der Waals surface area contributed by atoms with Crippen molar-refractivity contribution in [2.24, 2.45) is 5.73 Å². The Hall–Kier alpha value is -0.590. The highest BCUT2D eigenvalue weighted by Crippen LogP contribution is 2.25. The molecule has 1 fully saturated rings. The fourth-order valence-electron chi connectivity index (χ4n) is 1.89. The Labute approximate surface area is 105 Å². The lowest BCUT2D eigenvalue weighted by atomic mass is 10.00. The molecule has 17 heavy (non-hydrogen) atoms. The Balaban J connectivity index is 1.94. The SMILES string of the molecule is CSCC[C@@H](N)c1nc(C2CCOCC2)no1. The largest absolute Gasteiger partial charge is 0.381 e. The normalized spacial score (nSPS) is 19.4. The Morgan fingerprint density at radius 1 is 1.47 bits per heavy atom. The number of thioether (sulfide) groups is 1. The second kappa shape index (κ2) is 6.37. The third-order valence-corrected chi connectivity index (χ3v) is 3.64. The molecule has 2 rings (SSSR count). The molecular weight excluding hydrogens is 238 g/mol. The summed E-state index contributed by atoms with van der Waals surface area (Å²) in [7, 11) is 0. The molecule has 0 spiro atoms. The van der Waals surface area contributed by atoms with Crippen LogP contribution in [0.3, 0.4) is 0 Å². The average Bonchev–Trinajstić information content (AvgIpc) is 2.86. The van der Waals surface area contributed by atoms with Crippen molar-refractivity contribution in [3.63, 3.8) is 0 Å². The molecule has 2 heterocycles. The summed E-state index contributed by atoms with van der Waals surface area (Å²) in [4.78, 5) is 4.42. The number of rotatable bonds is 5. The van der Waals surface area contributed by atoms with Crippen LogP contribution in [0, 0.1) is 0 Å². The van der Waals surface area contributed by atoms with Gasteiger partial charge in [0.05, 0.1) is 6.04 Å². The van der Waals surface area contributed by atoms with Crippen LogP contribution in [0.15, 0.2) is 4.52 Å². The van der Waals surface area contributed by atoms with E-state index in [-0.39, 0.29) is 6.04 Å². The van der Waals surface area contributed by atoms with Gasteiger partial charge in [-0.2, -0.15) is 16.7 Å². The zero-order valence-electron chi connectivity index (χ0n) is 10.1. The van der Waals surface area contributed by atoms with Crippen LogP contribution in [0.2, 0.25) is 0 Å². The molecule has 1 aliphatic heterocycles. The smallest absolute Gasteiger partial charge is 0.243 e. The van der Waals surface area contributed by atoms with E-state index in [0.29, 0.717) is 11.8 Å². The number of hydrogen-bond donors (Lipinski definition) is 1. The highest BCUT2D eigenvalue weighted by atomic mass is 32.2. The lowest BCUT2D eigenvalue weighted by Crippen LogP contribution is -2.16. The van der Waals surface area contributed by atoms with Gasteiger partial charge in [-0.15, -0.1) is 0 Å². The number of hydrogen-bond acceptors (Lipinski definition) is 6. The van der Waals surface area contributed by atoms with E-state index in [4.69, 9.17) is 15.0 Å². The molecule has 0 aliphatic carbocycles. The quantitative estimate of drug-likeness (QED) is 0.865. The minimum absolute atomic E-state index is 0.136. The van der Waals surface area contributed by atoms with Crippen LogP contribution in [0.5, 0.6) is 0 Å². The molecule has 6 heteroatoms. The first-order chi connectivity index (χ1) is 8.31. The van der Waals surface area contributed by atoms with Crippen molar-refractivity contribution < 1.29 is 9.26 Å². The van der Waals surface area contributed by atoms with Crippen LogP contribution in [-0.4, -0.2) is 35.4 Å². The van der Waals surface area contributed by atoms with Crippen LogP contribution in [0.25, 0.3) is 0 Å². The van der Waals surface area contributed by atoms with E-state index >= 15 is 0 Å². The van der Waals surface area contributed by atoms with E-state index in [2.05, 4.69) is 16.4 Å². The van der Waals surface area contributed by atoms with E-state index in [1.807, 2.05) is 0 Å². The van der Waals surface area contributed by atoms with Crippen molar-refractivity contribution in [1.82, 2.24) is 10.1 Å². The Morgan fingerprint density at radius 2 is 2.24 bits per heavy atom. The van der Waals surface area contributed by atoms with E-state index in [9.17, 15) is 0 Å². The van der Waals surface area contributed by atoms with E-state index in [0.717, 1.165) is 44.1 Å². The summed E-state index contributed by atoms with van der Waals surface area (Å²) in [6.07, 6.45) is 4.88. The molecule has 1 aromatic heterocycles. The number of aromatic nitrogens is 2. The minimum Gasteiger partial charge on any atom is -0.381 e. The van der Waals surface area contributed by atoms with Crippen molar-refractivity contribution in [3.05, 3.63) is 11.7 Å². The summed E-state index contributed by atoms with van der Waals surface area (Å²) in [5.74, 6) is 2.74. The van der Waals surface area contributed by atoms with Gasteiger partial charge in [0, 0.05) is 19.1 Å². The molecule has 0 aromatic carbocycles. The second-order valence-corrected chi connectivity index (χ2v) is 5.25. The van der Waals surface area contributed by atoms with E-state index < -0.39 is 0 Å². The molecule has 1 aromatic rings. The van der Waals surface area contributed by atoms with Crippen molar-refractivity contribution >= 4 is 11.8 Å². The molecule has 0 bridgehead atoms. The molecule has 0 unspecified atom stereocenters. The fraction of sp³-hybridized carbons (Fsp3) is 0.818. The maximum Gasteiger partial charge on any atom is 0.243 e. The Morgan fingerprint density at radius 3 is 2.94 bits per heavy atom. The van der Waals surface area contributed by atoms with Crippen LogP contribution in [-0.2, 0) is 4.74 Å². The highest BCUT2D eigenvalue weighted by Gasteiger charge is 2.23. The van der Waals surface area contributed by atoms with Gasteiger partial charge < -0.3 is 15.0 Å². The van der Waals surface area contributed by atoms with Crippen molar-refractivity contribution in [1.29, 1.82) is 0 Å². The lowest BCUT2D eigenvalue weighted by Gasteiger charge is -2.18. The van der Waals surface area contributed by atoms with Crippen LogP contribution in [0.1, 0.15) is 42.9 Å².